The van der Waals surface area contributed by atoms with Gasteiger partial charge in [0.2, 0.25) is 15.9 Å². The molecule has 2 N–H and O–H groups in total. The van der Waals surface area contributed by atoms with Gasteiger partial charge in [-0.2, -0.15) is 0 Å². The van der Waals surface area contributed by atoms with Crippen molar-refractivity contribution in [2.75, 3.05) is 5.32 Å². The van der Waals surface area contributed by atoms with Crippen molar-refractivity contribution < 1.29 is 17.6 Å². The molecule has 5 rings (SSSR count). The lowest BCUT2D eigenvalue weighted by Crippen LogP contribution is -2.40. The van der Waals surface area contributed by atoms with Gasteiger partial charge in [0.1, 0.15) is 5.82 Å². The largest absolute Gasteiger partial charge is 0.324 e. The summed E-state index contributed by atoms with van der Waals surface area (Å²) in [6.45, 7) is 5.38. The first-order valence-electron chi connectivity index (χ1n) is 12.5. The number of sulfonamides is 1. The van der Waals surface area contributed by atoms with Crippen LogP contribution in [0.25, 0.3) is 22.3 Å². The molecule has 1 aliphatic rings. The number of benzene rings is 4. The van der Waals surface area contributed by atoms with Crippen molar-refractivity contribution in [1.29, 1.82) is 0 Å². The maximum Gasteiger partial charge on any atom is 0.241 e. The van der Waals surface area contributed by atoms with E-state index in [1.54, 1.807) is 75.4 Å². The second-order valence-electron chi connectivity index (χ2n) is 10.5. The Labute approximate surface area is 227 Å². The maximum atomic E-state index is 14.3. The Morgan fingerprint density at radius 1 is 0.821 bits per heavy atom. The quantitative estimate of drug-likeness (QED) is 0.295. The first-order valence-corrected chi connectivity index (χ1v) is 14.0. The van der Waals surface area contributed by atoms with E-state index in [1.165, 1.54) is 6.07 Å². The minimum atomic E-state index is -3.70. The van der Waals surface area contributed by atoms with Crippen LogP contribution in [0.1, 0.15) is 32.8 Å². The minimum Gasteiger partial charge on any atom is -0.324 e. The number of rotatable bonds is 5. The lowest BCUT2D eigenvalue weighted by Gasteiger charge is -2.20. The van der Waals surface area contributed by atoms with Gasteiger partial charge in [-0.15, -0.1) is 0 Å². The second-order valence-corrected chi connectivity index (χ2v) is 12.1. The van der Waals surface area contributed by atoms with E-state index in [0.29, 0.717) is 28.2 Å². The minimum absolute atomic E-state index is 0.0527. The number of carbonyl (C=O) groups excluding carboxylic acids is 1. The Hall–Kier alpha value is -4.14. The number of fused-ring (bicyclic) bond motifs is 1. The zero-order valence-corrected chi connectivity index (χ0v) is 22.6. The summed E-state index contributed by atoms with van der Waals surface area (Å²) in [5.41, 5.74) is 4.39. The maximum absolute atomic E-state index is 14.3. The van der Waals surface area contributed by atoms with Gasteiger partial charge in [0.15, 0.2) is 0 Å². The van der Waals surface area contributed by atoms with Crippen molar-refractivity contribution in [1.82, 2.24) is 4.72 Å². The molecule has 1 aliphatic heterocycles. The third-order valence-corrected chi connectivity index (χ3v) is 7.91. The zero-order chi connectivity index (χ0) is 27.8. The number of nitrogens with zero attached hydrogens (tertiary/aromatic N) is 1. The molecule has 0 unspecified atom stereocenters. The van der Waals surface area contributed by atoms with Crippen molar-refractivity contribution in [3.05, 3.63) is 102 Å². The SMILES string of the molecule is CC(C)(C)NS(=O)(=O)c1cccc(-c2cccc(C3=Nc4ccc(-c5ccccc5F)cc4NC(=O)C3)c2)c1. The van der Waals surface area contributed by atoms with Gasteiger partial charge in [0.05, 0.1) is 28.4 Å². The summed E-state index contributed by atoms with van der Waals surface area (Å²) in [7, 11) is -3.70. The molecule has 0 aliphatic carbocycles. The highest BCUT2D eigenvalue weighted by molar-refractivity contribution is 7.89. The summed E-state index contributed by atoms with van der Waals surface area (Å²) in [5, 5.41) is 2.89. The number of halogens is 1. The van der Waals surface area contributed by atoms with Crippen molar-refractivity contribution >= 4 is 33.0 Å². The van der Waals surface area contributed by atoms with E-state index < -0.39 is 15.6 Å². The summed E-state index contributed by atoms with van der Waals surface area (Å²) in [6, 6.07) is 26.0. The average molecular weight is 542 g/mol. The number of aliphatic imine (C=N–C) groups is 1. The molecule has 0 saturated heterocycles. The van der Waals surface area contributed by atoms with E-state index >= 15 is 0 Å². The molecule has 0 radical (unpaired) electrons. The molecule has 8 heteroatoms. The summed E-state index contributed by atoms with van der Waals surface area (Å²) in [5.74, 6) is -0.575. The number of amides is 1. The van der Waals surface area contributed by atoms with Crippen molar-refractivity contribution in [3.8, 4) is 22.3 Å². The summed E-state index contributed by atoms with van der Waals surface area (Å²) in [6.07, 6.45) is 0.0527. The van der Waals surface area contributed by atoms with Gasteiger partial charge in [-0.1, -0.05) is 54.6 Å². The summed E-state index contributed by atoms with van der Waals surface area (Å²) >= 11 is 0. The highest BCUT2D eigenvalue weighted by atomic mass is 32.2. The van der Waals surface area contributed by atoms with Crippen LogP contribution in [-0.2, 0) is 14.8 Å². The van der Waals surface area contributed by atoms with E-state index in [1.807, 2.05) is 30.3 Å². The van der Waals surface area contributed by atoms with Gasteiger partial charge in [0.25, 0.3) is 0 Å². The third kappa shape index (κ3) is 5.97. The standard InChI is InChI=1S/C31H28FN3O3S/c1-31(2,3)35-39(37,38)24-11-7-9-21(17-24)20-8-6-10-23(16-20)28-19-30(36)34-29-18-22(14-15-27(29)33-28)25-12-4-5-13-26(25)32/h4-18,35H,19H2,1-3H3,(H,34,36). The number of carbonyl (C=O) groups is 1. The van der Waals surface area contributed by atoms with Crippen molar-refractivity contribution in [2.45, 2.75) is 37.6 Å². The molecule has 0 bridgehead atoms. The Kier molecular flexibility index (Phi) is 6.92. The van der Waals surface area contributed by atoms with Gasteiger partial charge in [-0.25, -0.2) is 17.5 Å². The van der Waals surface area contributed by atoms with Crippen LogP contribution in [0.15, 0.2) is 101 Å². The van der Waals surface area contributed by atoms with Gasteiger partial charge < -0.3 is 5.32 Å². The zero-order valence-electron chi connectivity index (χ0n) is 21.8. The molecule has 6 nitrogen and oxygen atoms in total. The van der Waals surface area contributed by atoms with Crippen LogP contribution in [0.4, 0.5) is 15.8 Å². The fraction of sp³-hybridized carbons (Fsp3) is 0.161. The molecule has 1 heterocycles. The van der Waals surface area contributed by atoms with Gasteiger partial charge in [-0.3, -0.25) is 9.79 Å². The molecule has 0 saturated carbocycles. The number of hydrogen-bond acceptors (Lipinski definition) is 4. The average Bonchev–Trinajstić information content (AvgIpc) is 3.05. The monoisotopic (exact) mass is 541 g/mol. The van der Waals surface area contributed by atoms with Crippen LogP contribution in [0.5, 0.6) is 0 Å². The predicted molar refractivity (Wildman–Crippen MR) is 153 cm³/mol. The van der Waals surface area contributed by atoms with Gasteiger partial charge >= 0.3 is 0 Å². The van der Waals surface area contributed by atoms with Crippen molar-refractivity contribution in [2.24, 2.45) is 4.99 Å². The normalized spacial score (nSPS) is 13.7. The van der Waals surface area contributed by atoms with E-state index in [9.17, 15) is 17.6 Å². The Morgan fingerprint density at radius 2 is 1.51 bits per heavy atom. The fourth-order valence-corrected chi connectivity index (χ4v) is 5.94. The van der Waals surface area contributed by atoms with E-state index in [4.69, 9.17) is 4.99 Å². The van der Waals surface area contributed by atoms with Crippen LogP contribution in [0.3, 0.4) is 0 Å². The molecule has 4 aromatic rings. The Balaban J connectivity index is 1.50. The number of hydrogen-bond donors (Lipinski definition) is 2. The second kappa shape index (κ2) is 10.2. The van der Waals surface area contributed by atoms with Crippen LogP contribution in [0.2, 0.25) is 0 Å². The predicted octanol–water partition coefficient (Wildman–Crippen LogP) is 6.70. The van der Waals surface area contributed by atoms with Crippen LogP contribution in [-0.4, -0.2) is 25.6 Å². The highest BCUT2D eigenvalue weighted by Crippen LogP contribution is 2.35. The molecule has 0 atom stereocenters. The molecule has 0 fully saturated rings. The Bertz CT molecular complexity index is 1720. The highest BCUT2D eigenvalue weighted by Gasteiger charge is 2.23. The lowest BCUT2D eigenvalue weighted by atomic mass is 9.99. The molecule has 1 amide bonds. The van der Waals surface area contributed by atoms with Crippen LogP contribution < -0.4 is 10.0 Å². The number of nitrogens with one attached hydrogen (secondary N) is 2. The van der Waals surface area contributed by atoms with Crippen LogP contribution >= 0.6 is 0 Å². The van der Waals surface area contributed by atoms with E-state index in [0.717, 1.165) is 16.7 Å². The molecule has 0 aromatic heterocycles. The Morgan fingerprint density at radius 3 is 2.26 bits per heavy atom. The van der Waals surface area contributed by atoms with E-state index in [-0.39, 0.29) is 23.0 Å². The molecular weight excluding hydrogens is 513 g/mol. The van der Waals surface area contributed by atoms with Crippen LogP contribution in [0, 0.1) is 5.82 Å². The molecule has 4 aromatic carbocycles. The summed E-state index contributed by atoms with van der Waals surface area (Å²) in [4.78, 5) is 17.8. The van der Waals surface area contributed by atoms with Crippen molar-refractivity contribution in [3.63, 3.8) is 0 Å². The fourth-order valence-electron chi connectivity index (χ4n) is 4.48. The smallest absolute Gasteiger partial charge is 0.241 e. The first kappa shape index (κ1) is 26.5. The number of anilines is 1. The lowest BCUT2D eigenvalue weighted by molar-refractivity contribution is -0.115. The molecular formula is C31H28FN3O3S. The van der Waals surface area contributed by atoms with Gasteiger partial charge in [-0.05, 0) is 79.4 Å². The summed E-state index contributed by atoms with van der Waals surface area (Å²) < 4.78 is 42.8. The first-order chi connectivity index (χ1) is 18.5. The molecule has 198 valence electrons. The third-order valence-electron chi connectivity index (χ3n) is 6.15. The molecule has 0 spiro atoms. The van der Waals surface area contributed by atoms with E-state index in [2.05, 4.69) is 10.0 Å². The molecule has 39 heavy (non-hydrogen) atoms. The topological polar surface area (TPSA) is 87.6 Å². The van der Waals surface area contributed by atoms with Gasteiger partial charge in [0, 0.05) is 11.1 Å².